The minimum Gasteiger partial charge on any atom is -0.496 e. The highest BCUT2D eigenvalue weighted by Gasteiger charge is 2.21. The van der Waals surface area contributed by atoms with Crippen LogP contribution in [0.1, 0.15) is 35.2 Å². The van der Waals surface area contributed by atoms with Crippen molar-refractivity contribution in [2.24, 2.45) is 0 Å². The average Bonchev–Trinajstić information content (AvgIpc) is 2.64. The fourth-order valence-electron chi connectivity index (χ4n) is 3.07. The number of methoxy groups -OCH3 is 1. The first-order valence-corrected chi connectivity index (χ1v) is 8.45. The minimum absolute atomic E-state index is 0.141. The van der Waals surface area contributed by atoms with Gasteiger partial charge in [-0.1, -0.05) is 18.2 Å². The van der Waals surface area contributed by atoms with E-state index in [0.29, 0.717) is 23.4 Å². The molecule has 0 saturated carbocycles. The first-order chi connectivity index (χ1) is 12.1. The number of carbonyl (C=O) groups excluding carboxylic acids is 2. The second-order valence-corrected chi connectivity index (χ2v) is 6.16. The molecule has 1 fully saturated rings. The summed E-state index contributed by atoms with van der Waals surface area (Å²) in [6, 6.07) is 12.7. The zero-order valence-electron chi connectivity index (χ0n) is 14.5. The van der Waals surface area contributed by atoms with Crippen LogP contribution in [-0.4, -0.2) is 25.5 Å². The number of carbonyl (C=O) groups is 2. The lowest BCUT2D eigenvalue weighted by atomic mass is 10.1. The van der Waals surface area contributed by atoms with Crippen molar-refractivity contribution in [1.82, 2.24) is 0 Å². The second-order valence-electron chi connectivity index (χ2n) is 6.16. The van der Waals surface area contributed by atoms with Gasteiger partial charge >= 0.3 is 0 Å². The summed E-state index contributed by atoms with van der Waals surface area (Å²) >= 11 is 0. The minimum atomic E-state index is -0.239. The van der Waals surface area contributed by atoms with Crippen LogP contribution in [0.3, 0.4) is 0 Å². The number of aryl methyl sites for hydroxylation is 1. The molecule has 2 aromatic rings. The smallest absolute Gasteiger partial charge is 0.259 e. The van der Waals surface area contributed by atoms with Crippen LogP contribution in [-0.2, 0) is 4.79 Å². The summed E-state index contributed by atoms with van der Waals surface area (Å²) in [5.74, 6) is 0.429. The van der Waals surface area contributed by atoms with Crippen molar-refractivity contribution < 1.29 is 14.3 Å². The number of anilines is 2. The summed E-state index contributed by atoms with van der Waals surface area (Å²) in [5.41, 5.74) is 3.02. The fourth-order valence-corrected chi connectivity index (χ4v) is 3.07. The highest BCUT2D eigenvalue weighted by atomic mass is 16.5. The van der Waals surface area contributed by atoms with Gasteiger partial charge in [0.25, 0.3) is 5.91 Å². The number of nitrogens with one attached hydrogen (secondary N) is 1. The van der Waals surface area contributed by atoms with Crippen LogP contribution >= 0.6 is 0 Å². The molecule has 0 radical (unpaired) electrons. The van der Waals surface area contributed by atoms with Crippen molar-refractivity contribution in [3.63, 3.8) is 0 Å². The van der Waals surface area contributed by atoms with E-state index in [0.717, 1.165) is 30.6 Å². The Morgan fingerprint density at radius 2 is 1.96 bits per heavy atom. The summed E-state index contributed by atoms with van der Waals surface area (Å²) in [5, 5.41) is 2.90. The van der Waals surface area contributed by atoms with Crippen molar-refractivity contribution in [3.05, 3.63) is 53.6 Å². The summed E-state index contributed by atoms with van der Waals surface area (Å²) in [6.07, 6.45) is 2.53. The van der Waals surface area contributed by atoms with E-state index in [-0.39, 0.29) is 11.8 Å². The summed E-state index contributed by atoms with van der Waals surface area (Å²) < 4.78 is 5.24. The molecular formula is C20H22N2O3. The Morgan fingerprint density at radius 1 is 1.16 bits per heavy atom. The van der Waals surface area contributed by atoms with E-state index in [1.54, 1.807) is 18.2 Å². The molecule has 0 bridgehead atoms. The van der Waals surface area contributed by atoms with Gasteiger partial charge in [-0.05, 0) is 49.6 Å². The van der Waals surface area contributed by atoms with Gasteiger partial charge in [0.15, 0.2) is 0 Å². The molecule has 0 aliphatic carbocycles. The maximum absolute atomic E-state index is 12.6. The number of benzene rings is 2. The number of rotatable bonds is 4. The van der Waals surface area contributed by atoms with Gasteiger partial charge in [-0.25, -0.2) is 0 Å². The van der Waals surface area contributed by atoms with Crippen LogP contribution in [0.25, 0.3) is 0 Å². The summed E-state index contributed by atoms with van der Waals surface area (Å²) in [6.45, 7) is 2.70. The number of hydrogen-bond donors (Lipinski definition) is 1. The molecule has 1 heterocycles. The first kappa shape index (κ1) is 17.0. The highest BCUT2D eigenvalue weighted by Crippen LogP contribution is 2.28. The number of amides is 2. The zero-order valence-corrected chi connectivity index (χ0v) is 14.5. The molecule has 3 rings (SSSR count). The lowest BCUT2D eigenvalue weighted by molar-refractivity contribution is -0.119. The lowest BCUT2D eigenvalue weighted by Crippen LogP contribution is -2.35. The van der Waals surface area contributed by atoms with Gasteiger partial charge in [-0.3, -0.25) is 9.59 Å². The molecule has 1 N–H and O–H groups in total. The monoisotopic (exact) mass is 338 g/mol. The standard InChI is InChI=1S/C20H22N2O3/c1-14-10-11-15(13-17(14)22-12-6-5-9-19(22)23)21-20(24)16-7-3-4-8-18(16)25-2/h3-4,7-8,10-11,13H,5-6,9,12H2,1-2H3,(H,21,24). The number of hydrogen-bond acceptors (Lipinski definition) is 3. The van der Waals surface area contributed by atoms with E-state index >= 15 is 0 Å². The first-order valence-electron chi connectivity index (χ1n) is 8.45. The molecule has 5 heteroatoms. The Labute approximate surface area is 147 Å². The SMILES string of the molecule is COc1ccccc1C(=O)Nc1ccc(C)c(N2CCCCC2=O)c1. The van der Waals surface area contributed by atoms with Gasteiger partial charge in [-0.2, -0.15) is 0 Å². The van der Waals surface area contributed by atoms with Crippen molar-refractivity contribution in [3.8, 4) is 5.75 Å². The largest absolute Gasteiger partial charge is 0.496 e. The van der Waals surface area contributed by atoms with Gasteiger partial charge in [0.05, 0.1) is 12.7 Å². The molecule has 1 saturated heterocycles. The number of piperidine rings is 1. The molecule has 1 aliphatic heterocycles. The van der Waals surface area contributed by atoms with Gasteiger partial charge in [0, 0.05) is 24.3 Å². The molecule has 130 valence electrons. The van der Waals surface area contributed by atoms with Crippen LogP contribution in [0.2, 0.25) is 0 Å². The molecule has 0 spiro atoms. The van der Waals surface area contributed by atoms with Gasteiger partial charge in [-0.15, -0.1) is 0 Å². The van der Waals surface area contributed by atoms with Crippen LogP contribution in [0.15, 0.2) is 42.5 Å². The Bertz CT molecular complexity index is 801. The molecule has 0 aromatic heterocycles. The second kappa shape index (κ2) is 7.38. The summed E-state index contributed by atoms with van der Waals surface area (Å²) in [7, 11) is 1.54. The maximum atomic E-state index is 12.6. The number of para-hydroxylation sites is 1. The molecule has 2 aromatic carbocycles. The van der Waals surface area contributed by atoms with Crippen LogP contribution in [0, 0.1) is 6.92 Å². The predicted octanol–water partition coefficient (Wildman–Crippen LogP) is 3.77. The Kier molecular flexibility index (Phi) is 5.03. The molecule has 0 unspecified atom stereocenters. The summed E-state index contributed by atoms with van der Waals surface area (Å²) in [4.78, 5) is 26.6. The Morgan fingerprint density at radius 3 is 2.72 bits per heavy atom. The van der Waals surface area contributed by atoms with Gasteiger partial charge in [0.1, 0.15) is 5.75 Å². The van der Waals surface area contributed by atoms with Gasteiger partial charge < -0.3 is 15.0 Å². The van der Waals surface area contributed by atoms with Crippen molar-refractivity contribution in [2.45, 2.75) is 26.2 Å². The van der Waals surface area contributed by atoms with E-state index in [1.165, 1.54) is 7.11 Å². The van der Waals surface area contributed by atoms with Crippen LogP contribution < -0.4 is 15.0 Å². The number of nitrogens with zero attached hydrogens (tertiary/aromatic N) is 1. The fraction of sp³-hybridized carbons (Fsp3) is 0.300. The number of ether oxygens (including phenoxy) is 1. The third kappa shape index (κ3) is 3.65. The lowest BCUT2D eigenvalue weighted by Gasteiger charge is -2.28. The molecule has 25 heavy (non-hydrogen) atoms. The van der Waals surface area contributed by atoms with Crippen LogP contribution in [0.4, 0.5) is 11.4 Å². The van der Waals surface area contributed by atoms with Crippen molar-refractivity contribution in [2.75, 3.05) is 23.9 Å². The third-order valence-corrected chi connectivity index (χ3v) is 4.43. The van der Waals surface area contributed by atoms with E-state index in [2.05, 4.69) is 5.32 Å². The molecular weight excluding hydrogens is 316 g/mol. The quantitative estimate of drug-likeness (QED) is 0.923. The molecule has 2 amide bonds. The zero-order chi connectivity index (χ0) is 17.8. The average molecular weight is 338 g/mol. The maximum Gasteiger partial charge on any atom is 0.259 e. The normalized spacial score (nSPS) is 14.3. The topological polar surface area (TPSA) is 58.6 Å². The Hall–Kier alpha value is -2.82. The third-order valence-electron chi connectivity index (χ3n) is 4.43. The molecule has 0 atom stereocenters. The van der Waals surface area contributed by atoms with Crippen LogP contribution in [0.5, 0.6) is 5.75 Å². The predicted molar refractivity (Wildman–Crippen MR) is 98.3 cm³/mol. The van der Waals surface area contributed by atoms with Crippen molar-refractivity contribution in [1.29, 1.82) is 0 Å². The van der Waals surface area contributed by atoms with E-state index in [9.17, 15) is 9.59 Å². The Balaban J connectivity index is 1.85. The highest BCUT2D eigenvalue weighted by molar-refractivity contribution is 6.06. The van der Waals surface area contributed by atoms with Gasteiger partial charge in [0.2, 0.25) is 5.91 Å². The van der Waals surface area contributed by atoms with Crippen molar-refractivity contribution >= 4 is 23.2 Å². The van der Waals surface area contributed by atoms with E-state index in [4.69, 9.17) is 4.74 Å². The van der Waals surface area contributed by atoms with E-state index in [1.807, 2.05) is 36.1 Å². The van der Waals surface area contributed by atoms with E-state index < -0.39 is 0 Å². The molecule has 5 nitrogen and oxygen atoms in total. The molecule has 1 aliphatic rings.